The number of hydrogen-bond acceptors (Lipinski definition) is 14. The van der Waals surface area contributed by atoms with Gasteiger partial charge in [0.15, 0.2) is 30.6 Å². The average Bonchev–Trinajstić information content (AvgIpc) is 3.44. The molecule has 18 nitrogen and oxygen atoms in total. The SMILES string of the molecule is COC(=O)[C@H]1O[C@H](NC(=O)CCC[C@H](NC(=O)OCC2c3ccccc3-c3ccccc32)C(=O)NCCC(=O)O)[C@H](OC(C)=O)[C@@H](OC(C)=O)[C@@H]1OC(C)=O. The first kappa shape index (κ1) is 41.7. The van der Waals surface area contributed by atoms with Gasteiger partial charge in [0.1, 0.15) is 12.6 Å². The summed E-state index contributed by atoms with van der Waals surface area (Å²) in [6.45, 7) is 2.81. The number of rotatable bonds is 16. The number of benzene rings is 2. The van der Waals surface area contributed by atoms with Gasteiger partial charge in [-0.25, -0.2) is 9.59 Å². The molecule has 4 N–H and O–H groups in total. The van der Waals surface area contributed by atoms with Crippen molar-refractivity contribution in [2.75, 3.05) is 20.3 Å². The van der Waals surface area contributed by atoms with Gasteiger partial charge in [-0.3, -0.25) is 28.8 Å². The highest BCUT2D eigenvalue weighted by atomic mass is 16.7. The fourth-order valence-electron chi connectivity index (χ4n) is 6.40. The summed E-state index contributed by atoms with van der Waals surface area (Å²) in [5, 5.41) is 16.4. The monoisotopic (exact) mass is 769 g/mol. The fourth-order valence-corrected chi connectivity index (χ4v) is 6.40. The van der Waals surface area contributed by atoms with Gasteiger partial charge in [-0.05, 0) is 35.1 Å². The molecule has 296 valence electrons. The number of aliphatic carboxylic acids is 1. The molecule has 4 rings (SSSR count). The van der Waals surface area contributed by atoms with Crippen molar-refractivity contribution in [2.24, 2.45) is 0 Å². The Bertz CT molecular complexity index is 1740. The number of carbonyl (C=O) groups is 8. The van der Waals surface area contributed by atoms with Crippen LogP contribution in [-0.4, -0.2) is 110 Å². The summed E-state index contributed by atoms with van der Waals surface area (Å²) in [7, 11) is 1.02. The normalized spacial score (nSPS) is 20.3. The topological polar surface area (TPSA) is 248 Å². The second-order valence-electron chi connectivity index (χ2n) is 12.6. The van der Waals surface area contributed by atoms with Crippen molar-refractivity contribution in [3.05, 3.63) is 59.7 Å². The third kappa shape index (κ3) is 11.2. The van der Waals surface area contributed by atoms with Crippen LogP contribution in [0.3, 0.4) is 0 Å². The van der Waals surface area contributed by atoms with Crippen LogP contribution in [0.15, 0.2) is 48.5 Å². The molecule has 1 saturated heterocycles. The molecule has 1 heterocycles. The van der Waals surface area contributed by atoms with E-state index in [1.54, 1.807) is 0 Å². The maximum absolute atomic E-state index is 13.2. The zero-order valence-corrected chi connectivity index (χ0v) is 30.6. The number of carbonyl (C=O) groups excluding carboxylic acids is 7. The molecule has 6 atom stereocenters. The summed E-state index contributed by atoms with van der Waals surface area (Å²) >= 11 is 0. The number of carboxylic acid groups (broad SMARTS) is 1. The van der Waals surface area contributed by atoms with Gasteiger partial charge in [0.2, 0.25) is 11.8 Å². The number of ether oxygens (including phenoxy) is 6. The lowest BCUT2D eigenvalue weighted by Gasteiger charge is -2.43. The quantitative estimate of drug-likeness (QED) is 0.139. The van der Waals surface area contributed by atoms with Gasteiger partial charge in [-0.2, -0.15) is 0 Å². The third-order valence-corrected chi connectivity index (χ3v) is 8.67. The smallest absolute Gasteiger partial charge is 0.407 e. The van der Waals surface area contributed by atoms with Gasteiger partial charge in [-0.1, -0.05) is 48.5 Å². The van der Waals surface area contributed by atoms with E-state index in [1.165, 1.54) is 0 Å². The molecule has 0 saturated carbocycles. The zero-order chi connectivity index (χ0) is 40.2. The molecule has 0 radical (unpaired) electrons. The van der Waals surface area contributed by atoms with Gasteiger partial charge in [0, 0.05) is 39.7 Å². The largest absolute Gasteiger partial charge is 0.481 e. The molecule has 1 aliphatic carbocycles. The number of alkyl carbamates (subject to hydrolysis) is 1. The van der Waals surface area contributed by atoms with Crippen LogP contribution in [0, 0.1) is 0 Å². The van der Waals surface area contributed by atoms with E-state index in [2.05, 4.69) is 16.0 Å². The number of fused-ring (bicyclic) bond motifs is 3. The number of esters is 4. The number of hydrogen-bond donors (Lipinski definition) is 4. The minimum atomic E-state index is -1.73. The maximum atomic E-state index is 13.2. The Labute approximate surface area is 315 Å². The van der Waals surface area contributed by atoms with E-state index in [0.29, 0.717) is 0 Å². The second kappa shape index (κ2) is 19.3. The van der Waals surface area contributed by atoms with E-state index < -0.39 is 84.4 Å². The van der Waals surface area contributed by atoms with Crippen LogP contribution in [0.1, 0.15) is 63.5 Å². The van der Waals surface area contributed by atoms with Crippen molar-refractivity contribution in [3.63, 3.8) is 0 Å². The lowest BCUT2D eigenvalue weighted by Crippen LogP contribution is -2.67. The summed E-state index contributed by atoms with van der Waals surface area (Å²) in [6.07, 6.45) is -9.96. The maximum Gasteiger partial charge on any atom is 0.407 e. The summed E-state index contributed by atoms with van der Waals surface area (Å²) in [4.78, 5) is 99.1. The molecular weight excluding hydrogens is 726 g/mol. The van der Waals surface area contributed by atoms with E-state index in [1.807, 2.05) is 48.5 Å². The number of nitrogens with one attached hydrogen (secondary N) is 3. The van der Waals surface area contributed by atoms with E-state index in [0.717, 1.165) is 50.1 Å². The van der Waals surface area contributed by atoms with Crippen LogP contribution in [0.2, 0.25) is 0 Å². The van der Waals surface area contributed by atoms with Crippen molar-refractivity contribution in [2.45, 2.75) is 89.1 Å². The minimum absolute atomic E-state index is 0.0403. The molecule has 3 amide bonds. The number of carboxylic acids is 1. The predicted octanol–water partition coefficient (Wildman–Crippen LogP) is 1.46. The molecule has 1 fully saturated rings. The van der Waals surface area contributed by atoms with Crippen molar-refractivity contribution in [1.29, 1.82) is 0 Å². The molecule has 55 heavy (non-hydrogen) atoms. The molecule has 18 heteroatoms. The summed E-state index contributed by atoms with van der Waals surface area (Å²) in [6, 6.07) is 14.2. The van der Waals surface area contributed by atoms with Gasteiger partial charge < -0.3 is 49.5 Å². The molecule has 0 bridgehead atoms. The molecule has 2 aromatic carbocycles. The van der Waals surface area contributed by atoms with E-state index in [4.69, 9.17) is 33.5 Å². The van der Waals surface area contributed by atoms with Crippen LogP contribution in [0.4, 0.5) is 4.79 Å². The Kier molecular flexibility index (Phi) is 14.7. The van der Waals surface area contributed by atoms with Crippen LogP contribution in [-0.2, 0) is 62.0 Å². The molecule has 2 aromatic rings. The van der Waals surface area contributed by atoms with Crippen molar-refractivity contribution >= 4 is 47.8 Å². The summed E-state index contributed by atoms with van der Waals surface area (Å²) in [5.41, 5.74) is 3.99. The van der Waals surface area contributed by atoms with Crippen LogP contribution < -0.4 is 16.0 Å². The predicted molar refractivity (Wildman–Crippen MR) is 187 cm³/mol. The lowest BCUT2D eigenvalue weighted by molar-refractivity contribution is -0.252. The number of methoxy groups -OCH3 is 1. The van der Waals surface area contributed by atoms with Gasteiger partial charge in [0.25, 0.3) is 0 Å². The Morgan fingerprint density at radius 2 is 1.35 bits per heavy atom. The summed E-state index contributed by atoms with van der Waals surface area (Å²) < 4.78 is 31.9. The van der Waals surface area contributed by atoms with E-state index in [-0.39, 0.29) is 44.8 Å². The fraction of sp³-hybridized carbons (Fsp3) is 0.459. The Balaban J connectivity index is 1.43. The van der Waals surface area contributed by atoms with Gasteiger partial charge in [0.05, 0.1) is 13.5 Å². The van der Waals surface area contributed by atoms with Crippen LogP contribution >= 0.6 is 0 Å². The Morgan fingerprint density at radius 3 is 1.91 bits per heavy atom. The van der Waals surface area contributed by atoms with Crippen molar-refractivity contribution < 1.29 is 71.9 Å². The van der Waals surface area contributed by atoms with Gasteiger partial charge in [-0.15, -0.1) is 0 Å². The van der Waals surface area contributed by atoms with E-state index in [9.17, 15) is 38.4 Å². The average molecular weight is 770 g/mol. The molecule has 0 unspecified atom stereocenters. The molecule has 0 aromatic heterocycles. The lowest BCUT2D eigenvalue weighted by atomic mass is 9.96. The van der Waals surface area contributed by atoms with Crippen molar-refractivity contribution in [1.82, 2.24) is 16.0 Å². The first-order valence-electron chi connectivity index (χ1n) is 17.3. The summed E-state index contributed by atoms with van der Waals surface area (Å²) in [5.74, 6) is -6.61. The first-order valence-corrected chi connectivity index (χ1v) is 17.3. The van der Waals surface area contributed by atoms with Crippen LogP contribution in [0.5, 0.6) is 0 Å². The highest BCUT2D eigenvalue weighted by Crippen LogP contribution is 2.44. The molecule has 1 aliphatic heterocycles. The van der Waals surface area contributed by atoms with Gasteiger partial charge >= 0.3 is 35.9 Å². The molecular formula is C37H43N3O15. The minimum Gasteiger partial charge on any atom is -0.481 e. The Hall–Kier alpha value is -6.04. The second-order valence-corrected chi connectivity index (χ2v) is 12.6. The number of amides is 3. The third-order valence-electron chi connectivity index (χ3n) is 8.67. The zero-order valence-electron chi connectivity index (χ0n) is 30.6. The highest BCUT2D eigenvalue weighted by Gasteiger charge is 2.55. The van der Waals surface area contributed by atoms with E-state index >= 15 is 0 Å². The Morgan fingerprint density at radius 1 is 0.782 bits per heavy atom. The van der Waals surface area contributed by atoms with Crippen LogP contribution in [0.25, 0.3) is 11.1 Å². The standard InChI is InChI=1S/C37H43N3O15/c1-19(41)52-30-31(53-20(2)42)33(36(48)50-4)55-35(32(30)54-21(3)43)40-28(44)15-9-14-27(34(47)38-17-16-29(45)46)39-37(49)51-18-26-24-12-7-5-10-22(24)23-11-6-8-13-25(23)26/h5-8,10-13,26-27,30-33,35H,9,14-18H2,1-4H3,(H,38,47)(H,39,49)(H,40,44)(H,45,46)/t27-,30-,31-,32+,33-,35-/m0/s1. The molecule has 0 spiro atoms. The first-order chi connectivity index (χ1) is 26.2. The molecule has 2 aliphatic rings. The highest BCUT2D eigenvalue weighted by molar-refractivity contribution is 5.86. The van der Waals surface area contributed by atoms with Crippen molar-refractivity contribution in [3.8, 4) is 11.1 Å².